The van der Waals surface area contributed by atoms with E-state index in [1.54, 1.807) is 19.9 Å². The Morgan fingerprint density at radius 2 is 1.87 bits per heavy atom. The number of esters is 2. The van der Waals surface area contributed by atoms with Crippen molar-refractivity contribution in [2.75, 3.05) is 0 Å². The standard InChI is InChI=1S/C25H38O5/c1-9-15(5)23(27)29-21-19(14(3)4)13-25(8)17(7)11-18(26)12-20(25)22(21)30-24(28)16(6)10-2/h10,15,17,19-22H,3,9,11-13H2,1-2,4-8H3. The number of ketones is 1. The monoisotopic (exact) mass is 418 g/mol. The van der Waals surface area contributed by atoms with Crippen LogP contribution in [0.3, 0.4) is 0 Å². The van der Waals surface area contributed by atoms with Crippen molar-refractivity contribution in [3.05, 3.63) is 23.8 Å². The summed E-state index contributed by atoms with van der Waals surface area (Å²) in [5, 5.41) is 0. The Morgan fingerprint density at radius 3 is 2.40 bits per heavy atom. The van der Waals surface area contributed by atoms with E-state index in [0.29, 0.717) is 24.8 Å². The van der Waals surface area contributed by atoms with Gasteiger partial charge in [-0.05, 0) is 44.9 Å². The summed E-state index contributed by atoms with van der Waals surface area (Å²) in [6.07, 6.45) is 2.70. The van der Waals surface area contributed by atoms with Crippen LogP contribution in [0.5, 0.6) is 0 Å². The number of fused-ring (bicyclic) bond motifs is 1. The molecule has 5 nitrogen and oxygen atoms in total. The summed E-state index contributed by atoms with van der Waals surface area (Å²) in [6.45, 7) is 17.6. The molecule has 168 valence electrons. The summed E-state index contributed by atoms with van der Waals surface area (Å²) in [6, 6.07) is 0. The average molecular weight is 419 g/mol. The van der Waals surface area contributed by atoms with Gasteiger partial charge in [0.1, 0.15) is 18.0 Å². The van der Waals surface area contributed by atoms with Gasteiger partial charge in [-0.2, -0.15) is 0 Å². The molecule has 2 fully saturated rings. The zero-order chi connectivity index (χ0) is 22.8. The predicted molar refractivity (Wildman–Crippen MR) is 117 cm³/mol. The van der Waals surface area contributed by atoms with E-state index in [0.717, 1.165) is 12.0 Å². The summed E-state index contributed by atoms with van der Waals surface area (Å²) in [5.41, 5.74) is 1.20. The van der Waals surface area contributed by atoms with Gasteiger partial charge in [-0.15, -0.1) is 0 Å². The number of carbonyl (C=O) groups excluding carboxylic acids is 3. The van der Waals surface area contributed by atoms with Crippen molar-refractivity contribution >= 4 is 17.7 Å². The second-order valence-electron chi connectivity index (χ2n) is 9.67. The van der Waals surface area contributed by atoms with E-state index in [4.69, 9.17) is 9.47 Å². The fraction of sp³-hybridized carbons (Fsp3) is 0.720. The normalized spacial score (nSPS) is 35.2. The maximum absolute atomic E-state index is 12.7. The largest absolute Gasteiger partial charge is 0.458 e. The first-order valence-electron chi connectivity index (χ1n) is 11.2. The highest BCUT2D eigenvalue weighted by atomic mass is 16.6. The number of hydrogen-bond acceptors (Lipinski definition) is 5. The molecule has 2 aliphatic carbocycles. The van der Waals surface area contributed by atoms with E-state index < -0.39 is 18.2 Å². The molecule has 0 aromatic rings. The first-order valence-corrected chi connectivity index (χ1v) is 11.2. The summed E-state index contributed by atoms with van der Waals surface area (Å²) in [7, 11) is 0. The smallest absolute Gasteiger partial charge is 0.333 e. The second-order valence-corrected chi connectivity index (χ2v) is 9.67. The van der Waals surface area contributed by atoms with Gasteiger partial charge in [-0.25, -0.2) is 4.79 Å². The Hall–Kier alpha value is -1.91. The third-order valence-corrected chi connectivity index (χ3v) is 7.63. The summed E-state index contributed by atoms with van der Waals surface area (Å²) >= 11 is 0. The third-order valence-electron chi connectivity index (χ3n) is 7.63. The fourth-order valence-corrected chi connectivity index (χ4v) is 4.90. The van der Waals surface area contributed by atoms with Gasteiger partial charge in [0, 0.05) is 30.3 Å². The molecule has 7 unspecified atom stereocenters. The van der Waals surface area contributed by atoms with E-state index in [-0.39, 0.29) is 40.8 Å². The lowest BCUT2D eigenvalue weighted by Crippen LogP contribution is -2.60. The minimum Gasteiger partial charge on any atom is -0.458 e. The number of Topliss-reactive ketones (excluding diaryl/α,β-unsaturated/α-hetero) is 1. The molecule has 30 heavy (non-hydrogen) atoms. The van der Waals surface area contributed by atoms with Crippen molar-refractivity contribution in [2.24, 2.45) is 29.1 Å². The molecule has 2 saturated carbocycles. The van der Waals surface area contributed by atoms with Crippen molar-refractivity contribution in [1.82, 2.24) is 0 Å². The van der Waals surface area contributed by atoms with Crippen LogP contribution in [0.4, 0.5) is 0 Å². The van der Waals surface area contributed by atoms with Crippen LogP contribution in [0, 0.1) is 29.1 Å². The van der Waals surface area contributed by atoms with Crippen LogP contribution in [0.25, 0.3) is 0 Å². The number of carbonyl (C=O) groups is 3. The van der Waals surface area contributed by atoms with Gasteiger partial charge in [0.05, 0.1) is 5.92 Å². The SMILES string of the molecule is C=C(C)C1CC2(C)C(C)CC(=O)CC2C(OC(=O)C(C)=CC)C1OC(=O)C(C)CC. The molecular weight excluding hydrogens is 380 g/mol. The van der Waals surface area contributed by atoms with Crippen molar-refractivity contribution < 1.29 is 23.9 Å². The van der Waals surface area contributed by atoms with Crippen LogP contribution < -0.4 is 0 Å². The van der Waals surface area contributed by atoms with Gasteiger partial charge in [0.2, 0.25) is 0 Å². The van der Waals surface area contributed by atoms with Gasteiger partial charge < -0.3 is 9.47 Å². The average Bonchev–Trinajstić information content (AvgIpc) is 2.69. The molecule has 0 amide bonds. The summed E-state index contributed by atoms with van der Waals surface area (Å²) in [4.78, 5) is 38.0. The molecular formula is C25H38O5. The van der Waals surface area contributed by atoms with Crippen LogP contribution in [-0.2, 0) is 23.9 Å². The predicted octanol–water partition coefficient (Wildman–Crippen LogP) is 5.04. The minimum absolute atomic E-state index is 0.126. The Labute approximate surface area is 181 Å². The molecule has 0 aliphatic heterocycles. The Kier molecular flexibility index (Phi) is 7.70. The lowest BCUT2D eigenvalue weighted by Gasteiger charge is -2.56. The topological polar surface area (TPSA) is 69.7 Å². The van der Waals surface area contributed by atoms with Crippen LogP contribution in [-0.4, -0.2) is 29.9 Å². The lowest BCUT2D eigenvalue weighted by molar-refractivity contribution is -0.202. The highest BCUT2D eigenvalue weighted by Crippen LogP contribution is 2.56. The molecule has 0 saturated heterocycles. The van der Waals surface area contributed by atoms with Crippen molar-refractivity contribution in [1.29, 1.82) is 0 Å². The number of ether oxygens (including phenoxy) is 2. The van der Waals surface area contributed by atoms with E-state index in [2.05, 4.69) is 20.4 Å². The van der Waals surface area contributed by atoms with Gasteiger partial charge in [0.25, 0.3) is 0 Å². The van der Waals surface area contributed by atoms with Crippen LogP contribution >= 0.6 is 0 Å². The molecule has 0 radical (unpaired) electrons. The molecule has 2 aliphatic rings. The highest BCUT2D eigenvalue weighted by molar-refractivity contribution is 5.88. The molecule has 0 aromatic carbocycles. The van der Waals surface area contributed by atoms with E-state index in [1.165, 1.54) is 0 Å². The Bertz CT molecular complexity index is 736. The van der Waals surface area contributed by atoms with E-state index >= 15 is 0 Å². The van der Waals surface area contributed by atoms with E-state index in [1.807, 2.05) is 20.8 Å². The summed E-state index contributed by atoms with van der Waals surface area (Å²) in [5.74, 6) is -0.954. The molecule has 0 heterocycles. The van der Waals surface area contributed by atoms with Crippen molar-refractivity contribution in [3.63, 3.8) is 0 Å². The number of allylic oxidation sites excluding steroid dienone is 1. The van der Waals surface area contributed by atoms with Gasteiger partial charge in [0.15, 0.2) is 0 Å². The zero-order valence-electron chi connectivity index (χ0n) is 19.6. The van der Waals surface area contributed by atoms with Crippen LogP contribution in [0.2, 0.25) is 0 Å². The minimum atomic E-state index is -0.674. The Morgan fingerprint density at radius 1 is 1.23 bits per heavy atom. The first kappa shape index (κ1) is 24.4. The molecule has 5 heteroatoms. The maximum atomic E-state index is 12.7. The first-order chi connectivity index (χ1) is 14.0. The molecule has 0 bridgehead atoms. The van der Waals surface area contributed by atoms with Crippen LogP contribution in [0.1, 0.15) is 74.1 Å². The van der Waals surface area contributed by atoms with Crippen molar-refractivity contribution in [2.45, 2.75) is 86.4 Å². The van der Waals surface area contributed by atoms with Gasteiger partial charge in [-0.1, -0.05) is 45.9 Å². The molecule has 0 aromatic heterocycles. The lowest BCUT2D eigenvalue weighted by atomic mass is 9.51. The molecule has 7 atom stereocenters. The zero-order valence-corrected chi connectivity index (χ0v) is 19.6. The fourth-order valence-electron chi connectivity index (χ4n) is 4.90. The molecule has 0 N–H and O–H groups in total. The van der Waals surface area contributed by atoms with Crippen LogP contribution in [0.15, 0.2) is 23.8 Å². The molecule has 2 rings (SSSR count). The van der Waals surface area contributed by atoms with Gasteiger partial charge >= 0.3 is 11.9 Å². The summed E-state index contributed by atoms with van der Waals surface area (Å²) < 4.78 is 12.0. The number of rotatable bonds is 6. The maximum Gasteiger partial charge on any atom is 0.333 e. The highest BCUT2D eigenvalue weighted by Gasteiger charge is 2.58. The number of hydrogen-bond donors (Lipinski definition) is 0. The third kappa shape index (κ3) is 4.70. The second kappa shape index (κ2) is 9.49. The Balaban J connectivity index is 2.52. The van der Waals surface area contributed by atoms with Crippen molar-refractivity contribution in [3.8, 4) is 0 Å². The van der Waals surface area contributed by atoms with E-state index in [9.17, 15) is 14.4 Å². The quantitative estimate of drug-likeness (QED) is 0.343. The van der Waals surface area contributed by atoms with Gasteiger partial charge in [-0.3, -0.25) is 9.59 Å². The molecule has 0 spiro atoms.